The van der Waals surface area contributed by atoms with Gasteiger partial charge < -0.3 is 25.4 Å². The van der Waals surface area contributed by atoms with Crippen LogP contribution in [0.5, 0.6) is 0 Å². The van der Waals surface area contributed by atoms with Crippen LogP contribution in [0.1, 0.15) is 70.4 Å². The van der Waals surface area contributed by atoms with Crippen LogP contribution in [0.3, 0.4) is 0 Å². The third kappa shape index (κ3) is 9.96. The minimum Gasteiger partial charge on any atom is -0.443 e. The summed E-state index contributed by atoms with van der Waals surface area (Å²) in [4.78, 5) is 44.7. The summed E-state index contributed by atoms with van der Waals surface area (Å²) in [6.07, 6.45) is 6.52. The number of rotatable bonds is 7. The van der Waals surface area contributed by atoms with Crippen molar-refractivity contribution in [2.75, 3.05) is 20.9 Å². The molecule has 0 saturated carbocycles. The molecule has 10 heteroatoms. The molecular formula is C35H41N5O5. The van der Waals surface area contributed by atoms with Gasteiger partial charge >= 0.3 is 12.2 Å². The third-order valence-corrected chi connectivity index (χ3v) is 6.14. The first-order valence-corrected chi connectivity index (χ1v) is 14.8. The smallest absolute Gasteiger partial charge is 0.425 e. The molecule has 3 N–H and O–H groups in total. The SMILES string of the molecule is Cc1cc(Nc2cccc(C(=O)Nc3cccc(NC4=CCCC=C4)c3)c2)cc(N(C(=O)OC(C)(C)C)C(=O)OC(C)(C)C)n1. The Kier molecular flexibility index (Phi) is 9.96. The third-order valence-electron chi connectivity index (χ3n) is 6.14. The second-order valence-corrected chi connectivity index (χ2v) is 12.7. The van der Waals surface area contributed by atoms with Crippen molar-refractivity contribution in [1.29, 1.82) is 0 Å². The van der Waals surface area contributed by atoms with Gasteiger partial charge in [-0.1, -0.05) is 24.3 Å². The Morgan fingerprint density at radius 1 is 0.756 bits per heavy atom. The van der Waals surface area contributed by atoms with Gasteiger partial charge in [0.05, 0.1) is 0 Å². The molecule has 10 nitrogen and oxygen atoms in total. The molecule has 0 atom stereocenters. The van der Waals surface area contributed by atoms with E-state index in [4.69, 9.17) is 9.47 Å². The maximum absolute atomic E-state index is 13.2. The van der Waals surface area contributed by atoms with Crippen LogP contribution in [0, 0.1) is 6.92 Å². The molecule has 0 spiro atoms. The van der Waals surface area contributed by atoms with Crippen molar-refractivity contribution in [2.45, 2.75) is 72.5 Å². The largest absolute Gasteiger partial charge is 0.443 e. The van der Waals surface area contributed by atoms with Gasteiger partial charge in [0.1, 0.15) is 11.2 Å². The summed E-state index contributed by atoms with van der Waals surface area (Å²) in [5.74, 6) is -0.247. The molecule has 1 aromatic heterocycles. The number of carbonyl (C=O) groups excluding carboxylic acids is 3. The molecule has 0 bridgehead atoms. The normalized spacial score (nSPS) is 12.9. The summed E-state index contributed by atoms with van der Waals surface area (Å²) in [6, 6.07) is 17.8. The van der Waals surface area contributed by atoms with Gasteiger partial charge in [-0.3, -0.25) is 4.79 Å². The van der Waals surface area contributed by atoms with Gasteiger partial charge in [0, 0.05) is 45.8 Å². The minimum absolute atomic E-state index is 0.0304. The van der Waals surface area contributed by atoms with E-state index in [9.17, 15) is 14.4 Å². The van der Waals surface area contributed by atoms with Crippen molar-refractivity contribution < 1.29 is 23.9 Å². The van der Waals surface area contributed by atoms with Crippen LogP contribution in [0.4, 0.5) is 38.2 Å². The quantitative estimate of drug-likeness (QED) is 0.243. The molecule has 236 valence electrons. The predicted molar refractivity (Wildman–Crippen MR) is 178 cm³/mol. The number of ether oxygens (including phenoxy) is 2. The van der Waals surface area contributed by atoms with Crippen molar-refractivity contribution >= 4 is 46.7 Å². The summed E-state index contributed by atoms with van der Waals surface area (Å²) in [7, 11) is 0. The Morgan fingerprint density at radius 3 is 2.00 bits per heavy atom. The van der Waals surface area contributed by atoms with Gasteiger partial charge in [0.2, 0.25) is 0 Å². The summed E-state index contributed by atoms with van der Waals surface area (Å²) in [5.41, 5.74) is 2.97. The number of imide groups is 1. The molecule has 0 saturated heterocycles. The van der Waals surface area contributed by atoms with Crippen LogP contribution in [0.15, 0.2) is 84.6 Å². The highest BCUT2D eigenvalue weighted by Crippen LogP contribution is 2.27. The van der Waals surface area contributed by atoms with Gasteiger partial charge in [-0.15, -0.1) is 0 Å². The van der Waals surface area contributed by atoms with E-state index in [-0.39, 0.29) is 11.7 Å². The van der Waals surface area contributed by atoms with Crippen molar-refractivity contribution in [3.05, 3.63) is 95.8 Å². The van der Waals surface area contributed by atoms with E-state index >= 15 is 0 Å². The standard InChI is InChI=1S/C35H41N5O5/c1-23-19-29(22-30(36-23)40(32(42)44-34(2,3)4)33(43)45-35(5,6)7)38-26-16-11-13-24(20-26)31(41)39-28-18-12-17-27(21-28)37-25-14-9-8-10-15-25/h9,11-22,37H,8,10H2,1-7H3,(H,36,38)(H,39,41). The van der Waals surface area contributed by atoms with E-state index < -0.39 is 23.4 Å². The first-order valence-electron chi connectivity index (χ1n) is 14.8. The molecule has 0 aliphatic heterocycles. The molecule has 3 aromatic rings. The molecular weight excluding hydrogens is 570 g/mol. The average molecular weight is 612 g/mol. The van der Waals surface area contributed by atoms with Crippen molar-refractivity contribution in [1.82, 2.24) is 4.98 Å². The Labute approximate surface area is 264 Å². The van der Waals surface area contributed by atoms with E-state index in [1.165, 1.54) is 0 Å². The summed E-state index contributed by atoms with van der Waals surface area (Å²) < 4.78 is 11.0. The summed E-state index contributed by atoms with van der Waals surface area (Å²) >= 11 is 0. The van der Waals surface area contributed by atoms with Crippen LogP contribution >= 0.6 is 0 Å². The molecule has 0 unspecified atom stereocenters. The van der Waals surface area contributed by atoms with Crippen molar-refractivity contribution in [3.8, 4) is 0 Å². The molecule has 1 aliphatic rings. The Balaban J connectivity index is 1.53. The van der Waals surface area contributed by atoms with Gasteiger partial charge in [-0.2, -0.15) is 4.90 Å². The number of nitrogens with one attached hydrogen (secondary N) is 3. The fraction of sp³-hybridized carbons (Fsp3) is 0.314. The lowest BCUT2D eigenvalue weighted by Crippen LogP contribution is -2.44. The number of carbonyl (C=O) groups is 3. The summed E-state index contributed by atoms with van der Waals surface area (Å²) in [5, 5.41) is 9.58. The van der Waals surface area contributed by atoms with Gasteiger partial charge in [-0.25, -0.2) is 14.6 Å². The van der Waals surface area contributed by atoms with Crippen molar-refractivity contribution in [2.24, 2.45) is 0 Å². The van der Waals surface area contributed by atoms with Crippen LogP contribution in [0.2, 0.25) is 0 Å². The number of amides is 3. The second kappa shape index (κ2) is 13.7. The number of hydrogen-bond acceptors (Lipinski definition) is 8. The number of pyridine rings is 1. The molecule has 0 radical (unpaired) electrons. The van der Waals surface area contributed by atoms with Gasteiger partial charge in [0.15, 0.2) is 5.82 Å². The van der Waals surface area contributed by atoms with E-state index in [2.05, 4.69) is 33.1 Å². The number of anilines is 5. The topological polar surface area (TPSA) is 122 Å². The Morgan fingerprint density at radius 2 is 1.38 bits per heavy atom. The fourth-order valence-corrected chi connectivity index (χ4v) is 4.37. The molecule has 0 fully saturated rings. The minimum atomic E-state index is -0.911. The second-order valence-electron chi connectivity index (χ2n) is 12.7. The zero-order valence-electron chi connectivity index (χ0n) is 26.9. The Hall–Kier alpha value is -5.12. The highest BCUT2D eigenvalue weighted by molar-refractivity contribution is 6.09. The maximum Gasteiger partial charge on any atom is 0.425 e. The molecule has 3 amide bonds. The summed E-state index contributed by atoms with van der Waals surface area (Å²) in [6.45, 7) is 12.0. The van der Waals surface area contributed by atoms with E-state index in [0.717, 1.165) is 29.1 Å². The lowest BCUT2D eigenvalue weighted by Gasteiger charge is -2.28. The number of allylic oxidation sites excluding steroid dienone is 3. The number of benzene rings is 2. The van der Waals surface area contributed by atoms with E-state index in [0.29, 0.717) is 28.3 Å². The highest BCUT2D eigenvalue weighted by atomic mass is 16.6. The maximum atomic E-state index is 13.2. The lowest BCUT2D eigenvalue weighted by atomic mass is 10.1. The molecule has 2 aromatic carbocycles. The number of nitrogens with zero attached hydrogens (tertiary/aromatic N) is 2. The number of aryl methyl sites for hydroxylation is 1. The van der Waals surface area contributed by atoms with Gasteiger partial charge in [-0.05, 0) is 110 Å². The average Bonchev–Trinajstić information content (AvgIpc) is 2.92. The van der Waals surface area contributed by atoms with E-state index in [1.54, 1.807) is 78.8 Å². The molecule has 45 heavy (non-hydrogen) atoms. The monoisotopic (exact) mass is 611 g/mol. The Bertz CT molecular complexity index is 1600. The molecule has 1 aliphatic carbocycles. The van der Waals surface area contributed by atoms with Gasteiger partial charge in [0.25, 0.3) is 5.91 Å². The van der Waals surface area contributed by atoms with Crippen LogP contribution in [-0.2, 0) is 9.47 Å². The first kappa shape index (κ1) is 32.8. The zero-order valence-corrected chi connectivity index (χ0v) is 26.9. The predicted octanol–water partition coefficient (Wildman–Crippen LogP) is 8.71. The first-order chi connectivity index (χ1) is 21.1. The van der Waals surface area contributed by atoms with Crippen LogP contribution < -0.4 is 20.9 Å². The fourth-order valence-electron chi connectivity index (χ4n) is 4.37. The molecule has 4 rings (SSSR count). The van der Waals surface area contributed by atoms with Crippen LogP contribution in [-0.4, -0.2) is 34.3 Å². The highest BCUT2D eigenvalue weighted by Gasteiger charge is 2.34. The molecule has 1 heterocycles. The van der Waals surface area contributed by atoms with E-state index in [1.807, 2.05) is 36.4 Å². The zero-order chi connectivity index (χ0) is 32.8. The van der Waals surface area contributed by atoms with Crippen molar-refractivity contribution in [3.63, 3.8) is 0 Å². The number of hydrogen-bond donors (Lipinski definition) is 3. The van der Waals surface area contributed by atoms with Crippen LogP contribution in [0.25, 0.3) is 0 Å². The lowest BCUT2D eigenvalue weighted by molar-refractivity contribution is 0.0429. The number of aromatic nitrogens is 1.